The third kappa shape index (κ3) is 1.92. The Kier molecular flexibility index (Phi) is 3.21. The first-order valence-corrected chi connectivity index (χ1v) is 3.84. The van der Waals surface area contributed by atoms with E-state index in [0.717, 1.165) is 5.39 Å². The number of hydrogen-bond donors (Lipinski definition) is 0. The van der Waals surface area contributed by atoms with E-state index in [1.54, 1.807) is 12.1 Å². The van der Waals surface area contributed by atoms with Crippen LogP contribution < -0.4 is 5.11 Å². The second-order valence-electron chi connectivity index (χ2n) is 2.68. The SMILES string of the molecule is O=C([O-])c1ccc2ccccc2n1.[Co]. The summed E-state index contributed by atoms with van der Waals surface area (Å²) in [5.41, 5.74) is 0.642. The number of carboxylic acid groups (broad SMARTS) is 1. The summed E-state index contributed by atoms with van der Waals surface area (Å²) in [5.74, 6) is -1.24. The third-order valence-electron chi connectivity index (χ3n) is 1.81. The summed E-state index contributed by atoms with van der Waals surface area (Å²) in [6.45, 7) is 0. The Bertz CT molecular complexity index is 470. The molecule has 0 bridgehead atoms. The normalized spacial score (nSPS) is 9.43. The second-order valence-corrected chi connectivity index (χ2v) is 2.68. The predicted octanol–water partition coefficient (Wildman–Crippen LogP) is 0.596. The van der Waals surface area contributed by atoms with Gasteiger partial charge in [0.15, 0.2) is 0 Å². The maximum atomic E-state index is 10.5. The smallest absolute Gasteiger partial charge is 0.0900 e. The molecule has 0 fully saturated rings. The van der Waals surface area contributed by atoms with Gasteiger partial charge in [0.05, 0.1) is 17.2 Å². The Morgan fingerprint density at radius 2 is 1.86 bits per heavy atom. The molecule has 2 aromatic rings. The van der Waals surface area contributed by atoms with Crippen LogP contribution in [0.25, 0.3) is 10.9 Å². The Balaban J connectivity index is 0.000000980. The van der Waals surface area contributed by atoms with Gasteiger partial charge in [0.25, 0.3) is 0 Å². The van der Waals surface area contributed by atoms with Gasteiger partial charge in [0.2, 0.25) is 0 Å². The number of carbonyl (C=O) groups is 1. The molecule has 1 heterocycles. The molecule has 2 rings (SSSR count). The molecule has 0 saturated heterocycles. The first-order valence-electron chi connectivity index (χ1n) is 3.84. The average molecular weight is 231 g/mol. The van der Waals surface area contributed by atoms with Gasteiger partial charge in [-0.05, 0) is 12.1 Å². The first kappa shape index (κ1) is 10.7. The molecule has 0 amide bonds. The Hall–Kier alpha value is -1.39. The van der Waals surface area contributed by atoms with Crippen LogP contribution in [-0.2, 0) is 16.8 Å². The zero-order valence-corrected chi connectivity index (χ0v) is 8.10. The molecule has 0 atom stereocenters. The topological polar surface area (TPSA) is 53.0 Å². The third-order valence-corrected chi connectivity index (χ3v) is 1.81. The molecule has 0 saturated carbocycles. The first-order chi connectivity index (χ1) is 6.27. The molecule has 0 spiro atoms. The molecule has 0 aliphatic carbocycles. The number of nitrogens with zero attached hydrogens (tertiary/aromatic N) is 1. The number of fused-ring (bicyclic) bond motifs is 1. The zero-order chi connectivity index (χ0) is 9.26. The molecule has 0 unspecified atom stereocenters. The second kappa shape index (κ2) is 4.21. The number of pyridine rings is 1. The van der Waals surface area contributed by atoms with Gasteiger partial charge in [0, 0.05) is 22.2 Å². The van der Waals surface area contributed by atoms with E-state index in [9.17, 15) is 9.90 Å². The number of para-hydroxylation sites is 1. The van der Waals surface area contributed by atoms with Crippen molar-refractivity contribution in [1.29, 1.82) is 0 Å². The molecule has 0 aliphatic heterocycles. The van der Waals surface area contributed by atoms with E-state index in [-0.39, 0.29) is 22.5 Å². The molecule has 4 heteroatoms. The summed E-state index contributed by atoms with van der Waals surface area (Å²) < 4.78 is 0. The van der Waals surface area contributed by atoms with Crippen LogP contribution in [0.1, 0.15) is 10.5 Å². The summed E-state index contributed by atoms with van der Waals surface area (Å²) >= 11 is 0. The van der Waals surface area contributed by atoms with E-state index in [1.807, 2.05) is 18.2 Å². The molecule has 0 aliphatic rings. The standard InChI is InChI=1S/C10H7NO2.Co/c12-10(13)9-6-5-7-3-1-2-4-8(7)11-9;/h1-6H,(H,12,13);/p-1. The minimum atomic E-state index is -1.24. The van der Waals surface area contributed by atoms with Gasteiger partial charge in [0.1, 0.15) is 0 Å². The molecule has 0 N–H and O–H groups in total. The van der Waals surface area contributed by atoms with Crippen molar-refractivity contribution in [2.24, 2.45) is 0 Å². The molecular weight excluding hydrogens is 225 g/mol. The summed E-state index contributed by atoms with van der Waals surface area (Å²) in [7, 11) is 0. The van der Waals surface area contributed by atoms with Crippen LogP contribution in [0.5, 0.6) is 0 Å². The maximum Gasteiger partial charge on any atom is 0.0900 e. The fourth-order valence-electron chi connectivity index (χ4n) is 1.18. The molecule has 73 valence electrons. The predicted molar refractivity (Wildman–Crippen MR) is 46.1 cm³/mol. The monoisotopic (exact) mass is 231 g/mol. The molecule has 14 heavy (non-hydrogen) atoms. The fraction of sp³-hybridized carbons (Fsp3) is 0. The van der Waals surface area contributed by atoms with Crippen molar-refractivity contribution < 1.29 is 26.7 Å². The summed E-state index contributed by atoms with van der Waals surface area (Å²) in [5, 5.41) is 11.4. The Labute approximate surface area is 91.0 Å². The van der Waals surface area contributed by atoms with E-state index in [1.165, 1.54) is 6.07 Å². The summed E-state index contributed by atoms with van der Waals surface area (Å²) in [6, 6.07) is 10.5. The average Bonchev–Trinajstić information content (AvgIpc) is 2.17. The van der Waals surface area contributed by atoms with E-state index >= 15 is 0 Å². The molecule has 1 aromatic carbocycles. The number of aromatic carboxylic acids is 1. The van der Waals surface area contributed by atoms with Crippen molar-refractivity contribution in [3.8, 4) is 0 Å². The van der Waals surface area contributed by atoms with Crippen molar-refractivity contribution in [3.63, 3.8) is 0 Å². The quantitative estimate of drug-likeness (QED) is 0.721. The minimum absolute atomic E-state index is 0. The summed E-state index contributed by atoms with van der Waals surface area (Å²) in [4.78, 5) is 14.4. The maximum absolute atomic E-state index is 10.5. The number of hydrogen-bond acceptors (Lipinski definition) is 3. The van der Waals surface area contributed by atoms with Crippen LogP contribution in [0.15, 0.2) is 36.4 Å². The molecule has 1 aromatic heterocycles. The van der Waals surface area contributed by atoms with Gasteiger partial charge in [-0.1, -0.05) is 24.3 Å². The number of carboxylic acids is 1. The number of carbonyl (C=O) groups excluding carboxylic acids is 1. The van der Waals surface area contributed by atoms with Crippen molar-refractivity contribution in [3.05, 3.63) is 42.1 Å². The van der Waals surface area contributed by atoms with Crippen LogP contribution in [0.3, 0.4) is 0 Å². The number of benzene rings is 1. The molecular formula is C10H6CoNO2-. The van der Waals surface area contributed by atoms with Crippen LogP contribution in [0.2, 0.25) is 0 Å². The van der Waals surface area contributed by atoms with Gasteiger partial charge < -0.3 is 9.90 Å². The van der Waals surface area contributed by atoms with Gasteiger partial charge in [-0.2, -0.15) is 0 Å². The van der Waals surface area contributed by atoms with Gasteiger partial charge in [-0.25, -0.2) is 4.98 Å². The van der Waals surface area contributed by atoms with Crippen molar-refractivity contribution in [1.82, 2.24) is 4.98 Å². The van der Waals surface area contributed by atoms with Crippen molar-refractivity contribution in [2.45, 2.75) is 0 Å². The van der Waals surface area contributed by atoms with Crippen LogP contribution in [0, 0.1) is 0 Å². The number of rotatable bonds is 1. The van der Waals surface area contributed by atoms with Crippen molar-refractivity contribution in [2.75, 3.05) is 0 Å². The number of aromatic nitrogens is 1. The zero-order valence-electron chi connectivity index (χ0n) is 7.06. The van der Waals surface area contributed by atoms with Crippen LogP contribution >= 0.6 is 0 Å². The van der Waals surface area contributed by atoms with Gasteiger partial charge in [-0.15, -0.1) is 0 Å². The van der Waals surface area contributed by atoms with Gasteiger partial charge >= 0.3 is 0 Å². The van der Waals surface area contributed by atoms with Gasteiger partial charge in [-0.3, -0.25) is 0 Å². The van der Waals surface area contributed by atoms with E-state index in [0.29, 0.717) is 5.52 Å². The molecule has 1 radical (unpaired) electrons. The Morgan fingerprint density at radius 1 is 1.14 bits per heavy atom. The summed E-state index contributed by atoms with van der Waals surface area (Å²) in [6.07, 6.45) is 0. The van der Waals surface area contributed by atoms with E-state index in [4.69, 9.17) is 0 Å². The molecule has 3 nitrogen and oxygen atoms in total. The van der Waals surface area contributed by atoms with Crippen LogP contribution in [0.4, 0.5) is 0 Å². The largest absolute Gasteiger partial charge is 0.543 e. The fourth-order valence-corrected chi connectivity index (χ4v) is 1.18. The minimum Gasteiger partial charge on any atom is -0.543 e. The van der Waals surface area contributed by atoms with Crippen molar-refractivity contribution >= 4 is 16.9 Å². The van der Waals surface area contributed by atoms with E-state index < -0.39 is 5.97 Å². The van der Waals surface area contributed by atoms with E-state index in [2.05, 4.69) is 4.98 Å². The Morgan fingerprint density at radius 3 is 2.57 bits per heavy atom. The van der Waals surface area contributed by atoms with Crippen LogP contribution in [-0.4, -0.2) is 11.0 Å².